The molecule has 0 bridgehead atoms. The van der Waals surface area contributed by atoms with Crippen LogP contribution in [-0.2, 0) is 25.0 Å². The van der Waals surface area contributed by atoms with Gasteiger partial charge in [0.15, 0.2) is 0 Å². The first-order valence-corrected chi connectivity index (χ1v) is 9.91. The molecule has 27 heavy (non-hydrogen) atoms. The van der Waals surface area contributed by atoms with Gasteiger partial charge in [0.2, 0.25) is 0 Å². The molecule has 2 aromatic carbocycles. The highest BCUT2D eigenvalue weighted by Crippen LogP contribution is 2.28. The van der Waals surface area contributed by atoms with E-state index in [2.05, 4.69) is 10.3 Å². The topological polar surface area (TPSA) is 174 Å². The monoisotopic (exact) mass is 415 g/mol. The third kappa shape index (κ3) is 5.55. The fraction of sp³-hybridized carbons (Fsp3) is 0.0714. The number of aliphatic carboxylic acids is 1. The lowest BCUT2D eigenvalue weighted by atomic mass is 10.3. The van der Waals surface area contributed by atoms with Crippen molar-refractivity contribution in [3.8, 4) is 0 Å². The maximum atomic E-state index is 11.5. The van der Waals surface area contributed by atoms with Crippen molar-refractivity contribution >= 4 is 37.6 Å². The number of carboxylic acid groups (broad SMARTS) is 1. The second kappa shape index (κ2) is 7.79. The van der Waals surface area contributed by atoms with Crippen LogP contribution in [0.5, 0.6) is 0 Å². The molecule has 0 radical (unpaired) electrons. The number of hydrogen-bond acceptors (Lipinski definition) is 7. The first kappa shape index (κ1) is 20.4. The standard InChI is InChI=1S/C14H13N3O8S2/c18-14(19)9-17(10-4-2-1-3-5-10)16-15-12-7-6-11(26(20,21)22)8-13(12)27(23,24)25/h1-8H,9H2,(H,18,19)(H,20,21,22)(H,23,24,25). The second-order valence-electron chi connectivity index (χ2n) is 5.06. The van der Waals surface area contributed by atoms with Gasteiger partial charge in [0.25, 0.3) is 20.2 Å². The van der Waals surface area contributed by atoms with Gasteiger partial charge in [0, 0.05) is 0 Å². The molecular formula is C14H13N3O8S2. The van der Waals surface area contributed by atoms with Gasteiger partial charge in [-0.15, -0.1) is 5.11 Å². The van der Waals surface area contributed by atoms with Crippen LogP contribution in [0, 0.1) is 0 Å². The smallest absolute Gasteiger partial charge is 0.325 e. The minimum Gasteiger partial charge on any atom is -0.480 e. The molecule has 0 aliphatic heterocycles. The number of rotatable bonds is 7. The maximum Gasteiger partial charge on any atom is 0.325 e. The summed E-state index contributed by atoms with van der Waals surface area (Å²) in [6.07, 6.45) is 0. The molecule has 0 saturated carbocycles. The number of carbonyl (C=O) groups is 1. The number of nitrogens with zero attached hydrogens (tertiary/aromatic N) is 3. The van der Waals surface area contributed by atoms with Crippen LogP contribution in [-0.4, -0.2) is 43.6 Å². The van der Waals surface area contributed by atoms with E-state index in [-0.39, 0.29) is 0 Å². The van der Waals surface area contributed by atoms with Gasteiger partial charge in [-0.05, 0) is 30.3 Å². The normalized spacial score (nSPS) is 12.2. The Bertz CT molecular complexity index is 1080. The Morgan fingerprint density at radius 2 is 1.59 bits per heavy atom. The predicted molar refractivity (Wildman–Crippen MR) is 92.0 cm³/mol. The van der Waals surface area contributed by atoms with Crippen molar-refractivity contribution in [1.82, 2.24) is 0 Å². The van der Waals surface area contributed by atoms with Gasteiger partial charge >= 0.3 is 5.97 Å². The van der Waals surface area contributed by atoms with Gasteiger partial charge < -0.3 is 5.11 Å². The van der Waals surface area contributed by atoms with E-state index < -0.39 is 48.2 Å². The molecule has 2 rings (SSSR count). The van der Waals surface area contributed by atoms with Crippen LogP contribution >= 0.6 is 0 Å². The third-order valence-corrected chi connectivity index (χ3v) is 4.84. The molecule has 144 valence electrons. The van der Waals surface area contributed by atoms with Crippen molar-refractivity contribution in [2.45, 2.75) is 9.79 Å². The van der Waals surface area contributed by atoms with E-state index in [0.29, 0.717) is 11.8 Å². The first-order valence-electron chi connectivity index (χ1n) is 7.03. The Labute approximate surface area is 154 Å². The molecule has 0 unspecified atom stereocenters. The summed E-state index contributed by atoms with van der Waals surface area (Å²) in [4.78, 5) is 9.30. The van der Waals surface area contributed by atoms with Crippen LogP contribution in [0.1, 0.15) is 0 Å². The van der Waals surface area contributed by atoms with Gasteiger partial charge in [-0.1, -0.05) is 23.4 Å². The third-order valence-electron chi connectivity index (χ3n) is 3.11. The molecule has 3 N–H and O–H groups in total. The summed E-state index contributed by atoms with van der Waals surface area (Å²) in [6.45, 7) is -0.599. The van der Waals surface area contributed by atoms with Crippen molar-refractivity contribution in [3.63, 3.8) is 0 Å². The molecule has 0 aliphatic carbocycles. The lowest BCUT2D eigenvalue weighted by molar-refractivity contribution is -0.135. The van der Waals surface area contributed by atoms with Crippen molar-refractivity contribution in [1.29, 1.82) is 0 Å². The molecule has 2 aromatic rings. The Morgan fingerprint density at radius 3 is 2.11 bits per heavy atom. The summed E-state index contributed by atoms with van der Waals surface area (Å²) in [6, 6.07) is 10.2. The van der Waals surface area contributed by atoms with Crippen molar-refractivity contribution in [2.24, 2.45) is 10.3 Å². The fourth-order valence-corrected chi connectivity index (χ4v) is 3.18. The Kier molecular flexibility index (Phi) is 5.90. The largest absolute Gasteiger partial charge is 0.480 e. The summed E-state index contributed by atoms with van der Waals surface area (Å²) in [5, 5.41) is 17.2. The molecule has 0 fully saturated rings. The molecular weight excluding hydrogens is 402 g/mol. The van der Waals surface area contributed by atoms with E-state index in [9.17, 15) is 26.2 Å². The van der Waals surface area contributed by atoms with E-state index in [1.54, 1.807) is 18.2 Å². The van der Waals surface area contributed by atoms with E-state index >= 15 is 0 Å². The molecule has 13 heteroatoms. The van der Waals surface area contributed by atoms with Crippen molar-refractivity contribution in [3.05, 3.63) is 48.5 Å². The van der Waals surface area contributed by atoms with E-state index in [0.717, 1.165) is 17.1 Å². The first-order chi connectivity index (χ1) is 12.5. The minimum absolute atomic E-state index is 0.339. The fourth-order valence-electron chi connectivity index (χ4n) is 1.95. The van der Waals surface area contributed by atoms with Gasteiger partial charge in [-0.2, -0.15) is 16.8 Å². The SMILES string of the molecule is O=C(O)CN(N=Nc1ccc(S(=O)(=O)O)cc1S(=O)(=O)O)c1ccccc1. The quantitative estimate of drug-likeness (QED) is 0.346. The maximum absolute atomic E-state index is 11.5. The Hall–Kier alpha value is -2.87. The average Bonchev–Trinajstić information content (AvgIpc) is 2.57. The number of carboxylic acids is 1. The van der Waals surface area contributed by atoms with Crippen LogP contribution in [0.25, 0.3) is 0 Å². The summed E-state index contributed by atoms with van der Waals surface area (Å²) < 4.78 is 63.6. The highest BCUT2D eigenvalue weighted by Gasteiger charge is 2.21. The van der Waals surface area contributed by atoms with Crippen molar-refractivity contribution < 1.29 is 35.8 Å². The van der Waals surface area contributed by atoms with Crippen LogP contribution in [0.15, 0.2) is 68.7 Å². The van der Waals surface area contributed by atoms with Gasteiger partial charge in [0.1, 0.15) is 17.1 Å². The molecule has 11 nitrogen and oxygen atoms in total. The molecule has 0 atom stereocenters. The molecule has 0 aliphatic rings. The van der Waals surface area contributed by atoms with E-state index in [4.69, 9.17) is 9.66 Å². The molecule has 0 amide bonds. The van der Waals surface area contributed by atoms with Crippen LogP contribution in [0.2, 0.25) is 0 Å². The Morgan fingerprint density at radius 1 is 0.963 bits per heavy atom. The number of benzene rings is 2. The highest BCUT2D eigenvalue weighted by molar-refractivity contribution is 7.86. The van der Waals surface area contributed by atoms with Gasteiger partial charge in [-0.25, -0.2) is 5.01 Å². The number of anilines is 1. The van der Waals surface area contributed by atoms with Crippen molar-refractivity contribution in [2.75, 3.05) is 11.6 Å². The molecule has 0 heterocycles. The van der Waals surface area contributed by atoms with Gasteiger partial charge in [-0.3, -0.25) is 13.9 Å². The zero-order chi connectivity index (χ0) is 20.2. The van der Waals surface area contributed by atoms with E-state index in [1.165, 1.54) is 12.1 Å². The van der Waals surface area contributed by atoms with Gasteiger partial charge in [0.05, 0.1) is 10.6 Å². The number of para-hydroxylation sites is 1. The lowest BCUT2D eigenvalue weighted by Gasteiger charge is -2.15. The summed E-state index contributed by atoms with van der Waals surface area (Å²) in [5.41, 5.74) is -0.122. The zero-order valence-electron chi connectivity index (χ0n) is 13.4. The Balaban J connectivity index is 2.51. The average molecular weight is 415 g/mol. The zero-order valence-corrected chi connectivity index (χ0v) is 15.0. The summed E-state index contributed by atoms with van der Waals surface area (Å²) in [5.74, 6) is -1.24. The second-order valence-corrected chi connectivity index (χ2v) is 7.87. The molecule has 0 saturated heterocycles. The highest BCUT2D eigenvalue weighted by atomic mass is 32.2. The lowest BCUT2D eigenvalue weighted by Crippen LogP contribution is -2.23. The summed E-state index contributed by atoms with van der Waals surface area (Å²) in [7, 11) is -9.64. The number of hydrogen-bond donors (Lipinski definition) is 3. The van der Waals surface area contributed by atoms with Crippen LogP contribution in [0.4, 0.5) is 11.4 Å². The van der Waals surface area contributed by atoms with Crippen LogP contribution < -0.4 is 5.01 Å². The molecule has 0 spiro atoms. The van der Waals surface area contributed by atoms with Crippen LogP contribution in [0.3, 0.4) is 0 Å². The molecule has 0 aromatic heterocycles. The van der Waals surface area contributed by atoms with E-state index in [1.807, 2.05) is 0 Å². The predicted octanol–water partition coefficient (Wildman–Crippen LogP) is 1.77. The minimum atomic E-state index is -4.92. The summed E-state index contributed by atoms with van der Waals surface area (Å²) >= 11 is 0.